The average molecular weight is 490 g/mol. The van der Waals surface area contributed by atoms with Crippen molar-refractivity contribution in [1.82, 2.24) is 20.1 Å². The van der Waals surface area contributed by atoms with Crippen molar-refractivity contribution in [2.75, 3.05) is 50.7 Å². The van der Waals surface area contributed by atoms with E-state index in [0.29, 0.717) is 11.9 Å². The van der Waals surface area contributed by atoms with E-state index >= 15 is 0 Å². The van der Waals surface area contributed by atoms with Crippen molar-refractivity contribution in [3.8, 4) is 0 Å². The Bertz CT molecular complexity index is 991. The van der Waals surface area contributed by atoms with Crippen LogP contribution in [0.15, 0.2) is 42.5 Å². The van der Waals surface area contributed by atoms with Crippen molar-refractivity contribution < 1.29 is 18.0 Å². The van der Waals surface area contributed by atoms with Gasteiger partial charge in [-0.3, -0.25) is 14.6 Å². The number of aromatic nitrogens is 1. The van der Waals surface area contributed by atoms with Gasteiger partial charge in [0.25, 0.3) is 5.91 Å². The third-order valence-corrected chi connectivity index (χ3v) is 7.00. The number of rotatable bonds is 6. The Morgan fingerprint density at radius 1 is 1.00 bits per heavy atom. The molecule has 2 aliphatic heterocycles. The zero-order chi connectivity index (χ0) is 24.8. The number of hydrogen-bond donors (Lipinski definition) is 1. The van der Waals surface area contributed by atoms with Gasteiger partial charge >= 0.3 is 6.18 Å². The van der Waals surface area contributed by atoms with Crippen LogP contribution in [0.2, 0.25) is 0 Å². The second-order valence-corrected chi connectivity index (χ2v) is 9.49. The number of carbonyl (C=O) groups is 1. The first kappa shape index (κ1) is 25.4. The van der Waals surface area contributed by atoms with Crippen LogP contribution in [0.1, 0.15) is 40.9 Å². The zero-order valence-electron chi connectivity index (χ0n) is 20.2. The number of pyridine rings is 1. The second-order valence-electron chi connectivity index (χ2n) is 9.49. The number of nitrogens with one attached hydrogen (secondary N) is 1. The topological polar surface area (TPSA) is 51.7 Å². The summed E-state index contributed by atoms with van der Waals surface area (Å²) >= 11 is 0. The number of likely N-dealkylation sites (tertiary alicyclic amines) is 1. The van der Waals surface area contributed by atoms with E-state index in [0.717, 1.165) is 65.1 Å². The van der Waals surface area contributed by atoms with Crippen LogP contribution in [0.25, 0.3) is 0 Å². The predicted octanol–water partition coefficient (Wildman–Crippen LogP) is 3.86. The molecule has 190 valence electrons. The lowest BCUT2D eigenvalue weighted by Crippen LogP contribution is -2.46. The van der Waals surface area contributed by atoms with Gasteiger partial charge in [-0.25, -0.2) is 4.98 Å². The average Bonchev–Trinajstić information content (AvgIpc) is 3.11. The maximum atomic E-state index is 12.4. The van der Waals surface area contributed by atoms with Gasteiger partial charge in [-0.05, 0) is 62.5 Å². The molecule has 3 heterocycles. The van der Waals surface area contributed by atoms with Gasteiger partial charge in [0.05, 0.1) is 0 Å². The molecule has 2 saturated heterocycles. The van der Waals surface area contributed by atoms with Crippen LogP contribution >= 0.6 is 0 Å². The van der Waals surface area contributed by atoms with Crippen molar-refractivity contribution in [2.45, 2.75) is 44.9 Å². The van der Waals surface area contributed by atoms with E-state index in [4.69, 9.17) is 0 Å². The van der Waals surface area contributed by atoms with Gasteiger partial charge in [-0.1, -0.05) is 30.3 Å². The number of piperidine rings is 1. The van der Waals surface area contributed by atoms with Crippen LogP contribution in [0.3, 0.4) is 0 Å². The summed E-state index contributed by atoms with van der Waals surface area (Å²) in [4.78, 5) is 23.7. The van der Waals surface area contributed by atoms with E-state index in [1.807, 2.05) is 11.4 Å². The highest BCUT2D eigenvalue weighted by atomic mass is 19.4. The van der Waals surface area contributed by atoms with Crippen LogP contribution in [-0.2, 0) is 6.54 Å². The van der Waals surface area contributed by atoms with Crippen molar-refractivity contribution in [2.24, 2.45) is 0 Å². The molecule has 1 aromatic heterocycles. The molecule has 9 heteroatoms. The summed E-state index contributed by atoms with van der Waals surface area (Å²) in [5.41, 5.74) is 2.75. The van der Waals surface area contributed by atoms with Crippen molar-refractivity contribution in [3.63, 3.8) is 0 Å². The number of alkyl halides is 3. The third kappa shape index (κ3) is 7.18. The number of benzene rings is 1. The maximum Gasteiger partial charge on any atom is 0.405 e. The monoisotopic (exact) mass is 489 g/mol. The molecule has 0 aliphatic carbocycles. The lowest BCUT2D eigenvalue weighted by molar-refractivity contribution is -0.123. The number of carbonyl (C=O) groups excluding carboxylic acids is 1. The van der Waals surface area contributed by atoms with Crippen molar-refractivity contribution in [3.05, 3.63) is 59.3 Å². The Morgan fingerprint density at radius 2 is 1.77 bits per heavy atom. The highest BCUT2D eigenvalue weighted by molar-refractivity contribution is 5.92. The van der Waals surface area contributed by atoms with Crippen molar-refractivity contribution in [1.29, 1.82) is 0 Å². The van der Waals surface area contributed by atoms with Gasteiger partial charge in [0, 0.05) is 38.8 Å². The number of anilines is 1. The molecule has 0 saturated carbocycles. The Kier molecular flexibility index (Phi) is 8.28. The number of aryl methyl sites for hydroxylation is 1. The number of halogens is 3. The highest BCUT2D eigenvalue weighted by Gasteiger charge is 2.29. The minimum absolute atomic E-state index is 0.00822. The summed E-state index contributed by atoms with van der Waals surface area (Å²) in [6.45, 7) is 7.52. The predicted molar refractivity (Wildman–Crippen MR) is 131 cm³/mol. The largest absolute Gasteiger partial charge is 0.405 e. The summed E-state index contributed by atoms with van der Waals surface area (Å²) < 4.78 is 37.3. The van der Waals surface area contributed by atoms with Gasteiger partial charge in [-0.2, -0.15) is 13.2 Å². The first-order valence-electron chi connectivity index (χ1n) is 12.4. The number of nitrogens with zero attached hydrogens (tertiary/aromatic N) is 4. The molecule has 1 N–H and O–H groups in total. The Labute approximate surface area is 205 Å². The molecule has 1 aromatic carbocycles. The Balaban J connectivity index is 1.28. The molecule has 1 amide bonds. The fourth-order valence-corrected chi connectivity index (χ4v) is 5.00. The van der Waals surface area contributed by atoms with E-state index < -0.39 is 18.6 Å². The van der Waals surface area contributed by atoms with Crippen LogP contribution < -0.4 is 10.2 Å². The van der Waals surface area contributed by atoms with E-state index in [2.05, 4.69) is 50.9 Å². The summed E-state index contributed by atoms with van der Waals surface area (Å²) in [5, 5.41) is 1.90. The van der Waals surface area contributed by atoms with Crippen LogP contribution in [0.5, 0.6) is 0 Å². The van der Waals surface area contributed by atoms with Crippen LogP contribution in [0.4, 0.5) is 19.0 Å². The first-order valence-corrected chi connectivity index (χ1v) is 12.4. The molecule has 4 rings (SSSR count). The maximum absolute atomic E-state index is 12.4. The van der Waals surface area contributed by atoms with E-state index in [1.54, 1.807) is 6.07 Å². The van der Waals surface area contributed by atoms with E-state index in [9.17, 15) is 18.0 Å². The van der Waals surface area contributed by atoms with Gasteiger partial charge in [0.1, 0.15) is 18.1 Å². The van der Waals surface area contributed by atoms with Gasteiger partial charge in [0.15, 0.2) is 0 Å². The molecule has 0 radical (unpaired) electrons. The molecule has 35 heavy (non-hydrogen) atoms. The molecule has 2 aromatic rings. The minimum Gasteiger partial charge on any atom is -0.355 e. The first-order chi connectivity index (χ1) is 16.8. The molecule has 2 aliphatic rings. The minimum atomic E-state index is -4.45. The van der Waals surface area contributed by atoms with Gasteiger partial charge in [-0.15, -0.1) is 0 Å². The summed E-state index contributed by atoms with van der Waals surface area (Å²) in [7, 11) is 0. The van der Waals surface area contributed by atoms with Gasteiger partial charge in [0.2, 0.25) is 0 Å². The second kappa shape index (κ2) is 11.4. The third-order valence-electron chi connectivity index (χ3n) is 7.00. The molecule has 0 spiro atoms. The van der Waals surface area contributed by atoms with Crippen LogP contribution in [-0.4, -0.2) is 78.7 Å². The smallest absolute Gasteiger partial charge is 0.355 e. The normalized spacial score (nSPS) is 18.9. The molecule has 6 nitrogen and oxygen atoms in total. The fraction of sp³-hybridized carbons (Fsp3) is 0.538. The molecule has 0 atom stereocenters. The highest BCUT2D eigenvalue weighted by Crippen LogP contribution is 2.22. The van der Waals surface area contributed by atoms with E-state index in [1.165, 1.54) is 17.2 Å². The Hall–Kier alpha value is -2.65. The molecular weight excluding hydrogens is 455 g/mol. The van der Waals surface area contributed by atoms with E-state index in [-0.39, 0.29) is 5.69 Å². The number of amides is 1. The lowest BCUT2D eigenvalue weighted by Gasteiger charge is -2.38. The molecule has 2 fully saturated rings. The summed E-state index contributed by atoms with van der Waals surface area (Å²) in [6.07, 6.45) is -1.16. The van der Waals surface area contributed by atoms with Crippen molar-refractivity contribution >= 4 is 11.7 Å². The zero-order valence-corrected chi connectivity index (χ0v) is 20.2. The molecule has 0 unspecified atom stereocenters. The summed E-state index contributed by atoms with van der Waals surface area (Å²) in [6, 6.07) is 14.1. The molecule has 0 bridgehead atoms. The quantitative estimate of drug-likeness (QED) is 0.668. The lowest BCUT2D eigenvalue weighted by atomic mass is 10.0. The Morgan fingerprint density at radius 3 is 2.51 bits per heavy atom. The summed E-state index contributed by atoms with van der Waals surface area (Å²) in [5.74, 6) is -0.169. The SMILES string of the molecule is Cc1ccccc1CN1CCC(N2CCCN(c3cccc(C(=O)NCC(F)(F)F)n3)CC2)CC1. The van der Waals surface area contributed by atoms with Crippen LogP contribution in [0, 0.1) is 6.92 Å². The molecular formula is C26H34F3N5O. The standard InChI is InChI=1S/C26H34F3N5O/c1-20-6-2-3-7-21(20)18-32-14-10-22(11-15-32)33-12-5-13-34(17-16-33)24-9-4-8-23(31-24)25(35)30-19-26(27,28)29/h2-4,6-9,22H,5,10-19H2,1H3,(H,30,35). The number of hydrogen-bond acceptors (Lipinski definition) is 5. The van der Waals surface area contributed by atoms with Gasteiger partial charge < -0.3 is 10.2 Å². The fourth-order valence-electron chi connectivity index (χ4n) is 5.00.